The van der Waals surface area contributed by atoms with Crippen LogP contribution in [0.4, 0.5) is 5.95 Å². The van der Waals surface area contributed by atoms with E-state index in [1.165, 1.54) is 0 Å². The van der Waals surface area contributed by atoms with E-state index in [1.807, 2.05) is 6.07 Å². The molecule has 0 saturated carbocycles. The number of anilines is 1. The van der Waals surface area contributed by atoms with E-state index in [0.717, 1.165) is 0 Å². The molecule has 90 valence electrons. The predicted octanol–water partition coefficient (Wildman–Crippen LogP) is 1.18. The predicted molar refractivity (Wildman–Crippen MR) is 61.4 cm³/mol. The summed E-state index contributed by atoms with van der Waals surface area (Å²) in [7, 11) is 0. The third-order valence-electron chi connectivity index (χ3n) is 2.24. The number of aromatic nitrogens is 2. The molecular formula is C11H14N4O2. The van der Waals surface area contributed by atoms with Gasteiger partial charge in [-0.2, -0.15) is 5.26 Å². The van der Waals surface area contributed by atoms with E-state index in [4.69, 9.17) is 10.4 Å². The van der Waals surface area contributed by atoms with Crippen molar-refractivity contribution >= 4 is 11.9 Å². The number of hydrogen-bond donors (Lipinski definition) is 2. The largest absolute Gasteiger partial charge is 0.481 e. The van der Waals surface area contributed by atoms with E-state index in [0.29, 0.717) is 5.69 Å². The lowest BCUT2D eigenvalue weighted by Crippen LogP contribution is -2.32. The fraction of sp³-hybridized carbons (Fsp3) is 0.455. The molecule has 2 N–H and O–H groups in total. The van der Waals surface area contributed by atoms with Gasteiger partial charge in [-0.05, 0) is 26.8 Å². The summed E-state index contributed by atoms with van der Waals surface area (Å²) in [5.74, 6) is -0.631. The van der Waals surface area contributed by atoms with Crippen molar-refractivity contribution in [2.45, 2.75) is 20.8 Å². The lowest BCUT2D eigenvalue weighted by molar-refractivity contribution is -0.146. The quantitative estimate of drug-likeness (QED) is 0.811. The van der Waals surface area contributed by atoms with E-state index < -0.39 is 11.4 Å². The molecule has 0 fully saturated rings. The van der Waals surface area contributed by atoms with Gasteiger partial charge in [-0.15, -0.1) is 0 Å². The molecule has 0 aliphatic heterocycles. The Balaban J connectivity index is 2.80. The Hall–Kier alpha value is -2.16. The lowest BCUT2D eigenvalue weighted by atomic mass is 9.94. The number of nitrogens with zero attached hydrogens (tertiary/aromatic N) is 3. The molecule has 0 saturated heterocycles. The molecular weight excluding hydrogens is 220 g/mol. The highest BCUT2D eigenvalue weighted by atomic mass is 16.4. The van der Waals surface area contributed by atoms with Crippen LogP contribution >= 0.6 is 0 Å². The van der Waals surface area contributed by atoms with Crippen molar-refractivity contribution < 1.29 is 9.90 Å². The average Bonchev–Trinajstić information content (AvgIpc) is 2.25. The third kappa shape index (κ3) is 3.41. The van der Waals surface area contributed by atoms with Gasteiger partial charge in [0.25, 0.3) is 0 Å². The summed E-state index contributed by atoms with van der Waals surface area (Å²) in [6.45, 7) is 5.14. The summed E-state index contributed by atoms with van der Waals surface area (Å²) in [4.78, 5) is 18.9. The number of aliphatic carboxylic acids is 1. The Labute approximate surface area is 99.3 Å². The number of nitriles is 1. The normalized spacial score (nSPS) is 10.7. The molecule has 0 unspecified atom stereocenters. The van der Waals surface area contributed by atoms with Crippen molar-refractivity contribution in [2.24, 2.45) is 5.41 Å². The van der Waals surface area contributed by atoms with Gasteiger partial charge in [0.15, 0.2) is 0 Å². The van der Waals surface area contributed by atoms with Gasteiger partial charge in [-0.3, -0.25) is 4.79 Å². The molecule has 17 heavy (non-hydrogen) atoms. The summed E-state index contributed by atoms with van der Waals surface area (Å²) >= 11 is 0. The van der Waals surface area contributed by atoms with E-state index in [2.05, 4.69) is 15.3 Å². The highest BCUT2D eigenvalue weighted by Gasteiger charge is 2.27. The van der Waals surface area contributed by atoms with E-state index >= 15 is 0 Å². The van der Waals surface area contributed by atoms with Gasteiger partial charge in [0.2, 0.25) is 5.95 Å². The van der Waals surface area contributed by atoms with Crippen molar-refractivity contribution in [3.05, 3.63) is 17.5 Å². The van der Waals surface area contributed by atoms with Crippen LogP contribution in [0.25, 0.3) is 0 Å². The van der Waals surface area contributed by atoms with Crippen LogP contribution in [0.5, 0.6) is 0 Å². The van der Waals surface area contributed by atoms with Crippen LogP contribution < -0.4 is 5.32 Å². The SMILES string of the molecule is Cc1cc(C#N)nc(NCC(C)(C)C(=O)O)n1. The molecule has 0 radical (unpaired) electrons. The third-order valence-corrected chi connectivity index (χ3v) is 2.24. The van der Waals surface area contributed by atoms with Gasteiger partial charge in [-0.1, -0.05) is 0 Å². The number of rotatable bonds is 4. The molecule has 1 rings (SSSR count). The number of carboxylic acids is 1. The smallest absolute Gasteiger partial charge is 0.310 e. The number of hydrogen-bond acceptors (Lipinski definition) is 5. The van der Waals surface area contributed by atoms with Crippen LogP contribution in [-0.4, -0.2) is 27.6 Å². The molecule has 0 aliphatic rings. The number of carbonyl (C=O) groups is 1. The summed E-state index contributed by atoms with van der Waals surface area (Å²) < 4.78 is 0. The van der Waals surface area contributed by atoms with Gasteiger partial charge >= 0.3 is 5.97 Å². The lowest BCUT2D eigenvalue weighted by Gasteiger charge is -2.19. The number of nitrogens with one attached hydrogen (secondary N) is 1. The van der Waals surface area contributed by atoms with Gasteiger partial charge in [0.1, 0.15) is 11.8 Å². The van der Waals surface area contributed by atoms with Crippen molar-refractivity contribution in [1.29, 1.82) is 5.26 Å². The molecule has 6 heteroatoms. The maximum Gasteiger partial charge on any atom is 0.310 e. The monoisotopic (exact) mass is 234 g/mol. The minimum atomic E-state index is -0.917. The van der Waals surface area contributed by atoms with Crippen LogP contribution in [0.15, 0.2) is 6.07 Å². The Bertz CT molecular complexity index is 477. The molecule has 0 bridgehead atoms. The Morgan fingerprint density at radius 1 is 1.59 bits per heavy atom. The first-order valence-corrected chi connectivity index (χ1v) is 5.08. The van der Waals surface area contributed by atoms with Crippen LogP contribution in [0.1, 0.15) is 25.2 Å². The van der Waals surface area contributed by atoms with Crippen molar-refractivity contribution in [3.8, 4) is 6.07 Å². The van der Waals surface area contributed by atoms with Crippen LogP contribution in [-0.2, 0) is 4.79 Å². The van der Waals surface area contributed by atoms with Gasteiger partial charge < -0.3 is 10.4 Å². The van der Waals surface area contributed by atoms with Gasteiger partial charge in [0, 0.05) is 12.2 Å². The van der Waals surface area contributed by atoms with E-state index in [-0.39, 0.29) is 18.2 Å². The van der Waals surface area contributed by atoms with E-state index in [1.54, 1.807) is 26.8 Å². The topological polar surface area (TPSA) is 98.9 Å². The Morgan fingerprint density at radius 2 is 2.24 bits per heavy atom. The molecule has 0 amide bonds. The van der Waals surface area contributed by atoms with Crippen molar-refractivity contribution in [2.75, 3.05) is 11.9 Å². The number of aryl methyl sites for hydroxylation is 1. The first-order chi connectivity index (χ1) is 7.85. The molecule has 0 aliphatic carbocycles. The van der Waals surface area contributed by atoms with E-state index in [9.17, 15) is 4.79 Å². The van der Waals surface area contributed by atoms with Crippen LogP contribution in [0.3, 0.4) is 0 Å². The summed E-state index contributed by atoms with van der Waals surface area (Å²) in [6, 6.07) is 3.48. The van der Waals surface area contributed by atoms with Crippen LogP contribution in [0, 0.1) is 23.7 Å². The molecule has 0 atom stereocenters. The molecule has 1 heterocycles. The highest BCUT2D eigenvalue weighted by molar-refractivity contribution is 5.74. The standard InChI is InChI=1S/C11H14N4O2/c1-7-4-8(5-12)15-10(14-7)13-6-11(2,3)9(16)17/h4H,6H2,1-3H3,(H,16,17)(H,13,14,15). The summed E-state index contributed by atoms with van der Waals surface area (Å²) in [6.07, 6.45) is 0. The molecule has 0 spiro atoms. The minimum absolute atomic E-state index is 0.191. The van der Waals surface area contributed by atoms with Crippen molar-refractivity contribution in [1.82, 2.24) is 9.97 Å². The zero-order chi connectivity index (χ0) is 13.1. The summed E-state index contributed by atoms with van der Waals surface area (Å²) in [5.41, 5.74) is 0.000203. The second kappa shape index (κ2) is 4.78. The second-order valence-electron chi connectivity index (χ2n) is 4.37. The first-order valence-electron chi connectivity index (χ1n) is 5.08. The Morgan fingerprint density at radius 3 is 2.76 bits per heavy atom. The molecule has 1 aromatic rings. The zero-order valence-corrected chi connectivity index (χ0v) is 9.98. The summed E-state index contributed by atoms with van der Waals surface area (Å²) in [5, 5.41) is 20.5. The highest BCUT2D eigenvalue weighted by Crippen LogP contribution is 2.15. The fourth-order valence-electron chi connectivity index (χ4n) is 1.08. The first kappa shape index (κ1) is 12.9. The molecule has 0 aromatic carbocycles. The average molecular weight is 234 g/mol. The fourth-order valence-corrected chi connectivity index (χ4v) is 1.08. The van der Waals surface area contributed by atoms with Crippen molar-refractivity contribution in [3.63, 3.8) is 0 Å². The molecule has 6 nitrogen and oxygen atoms in total. The maximum atomic E-state index is 10.9. The maximum absolute atomic E-state index is 10.9. The minimum Gasteiger partial charge on any atom is -0.481 e. The van der Waals surface area contributed by atoms with Gasteiger partial charge in [0.05, 0.1) is 5.41 Å². The number of carboxylic acid groups (broad SMARTS) is 1. The Kier molecular flexibility index (Phi) is 3.63. The van der Waals surface area contributed by atoms with Crippen LogP contribution in [0.2, 0.25) is 0 Å². The molecule has 1 aromatic heterocycles. The van der Waals surface area contributed by atoms with Gasteiger partial charge in [-0.25, -0.2) is 9.97 Å². The zero-order valence-electron chi connectivity index (χ0n) is 9.98. The second-order valence-corrected chi connectivity index (χ2v) is 4.37.